The Labute approximate surface area is 100 Å². The summed E-state index contributed by atoms with van der Waals surface area (Å²) in [5, 5.41) is 7.52. The summed E-state index contributed by atoms with van der Waals surface area (Å²) in [5.74, 6) is -0.272. The number of hydrogen-bond donors (Lipinski definition) is 3. The lowest BCUT2D eigenvalue weighted by molar-refractivity contribution is -0.116. The zero-order valence-corrected chi connectivity index (χ0v) is 10.2. The number of primary sulfonamides is 1. The summed E-state index contributed by atoms with van der Waals surface area (Å²) in [6.07, 6.45) is 0.166. The van der Waals surface area contributed by atoms with Gasteiger partial charge in [0.05, 0.1) is 4.90 Å². The topological polar surface area (TPSA) is 115 Å². The molecule has 5 N–H and O–H groups in total. The fourth-order valence-corrected chi connectivity index (χ4v) is 1.81. The third-order valence-corrected chi connectivity index (χ3v) is 2.86. The van der Waals surface area contributed by atoms with E-state index in [0.717, 1.165) is 0 Å². The summed E-state index contributed by atoms with van der Waals surface area (Å²) in [5.41, 5.74) is 5.85. The van der Waals surface area contributed by atoms with Gasteiger partial charge < -0.3 is 11.1 Å². The minimum absolute atomic E-state index is 0.0453. The standard InChI is InChI=1S/C10H15N3O3S/c1-7(11)5-10(14)13-8-3-2-4-9(6-8)17(12,15)16/h2-4,6-7H,5,11H2,1H3,(H,13,14)(H2,12,15,16). The lowest BCUT2D eigenvalue weighted by Gasteiger charge is -2.08. The molecule has 0 aliphatic carbocycles. The molecule has 0 fully saturated rings. The molecule has 0 saturated carbocycles. The zero-order valence-electron chi connectivity index (χ0n) is 9.38. The highest BCUT2D eigenvalue weighted by Gasteiger charge is 2.10. The largest absolute Gasteiger partial charge is 0.327 e. The van der Waals surface area contributed by atoms with Gasteiger partial charge in [-0.2, -0.15) is 0 Å². The van der Waals surface area contributed by atoms with Gasteiger partial charge in [-0.1, -0.05) is 6.07 Å². The number of nitrogens with one attached hydrogen (secondary N) is 1. The molecular formula is C10H15N3O3S. The lowest BCUT2D eigenvalue weighted by Crippen LogP contribution is -2.24. The molecule has 1 aromatic rings. The molecule has 1 amide bonds. The number of hydrogen-bond acceptors (Lipinski definition) is 4. The molecule has 6 nitrogen and oxygen atoms in total. The summed E-state index contributed by atoms with van der Waals surface area (Å²) in [6, 6.07) is 5.48. The Morgan fingerprint density at radius 1 is 1.47 bits per heavy atom. The fraction of sp³-hybridized carbons (Fsp3) is 0.300. The predicted molar refractivity (Wildman–Crippen MR) is 64.7 cm³/mol. The molecular weight excluding hydrogens is 242 g/mol. The Balaban J connectivity index is 2.83. The molecule has 1 atom stereocenters. The molecule has 0 aliphatic rings. The van der Waals surface area contributed by atoms with Crippen molar-refractivity contribution in [2.45, 2.75) is 24.3 Å². The molecule has 0 saturated heterocycles. The van der Waals surface area contributed by atoms with Crippen LogP contribution in [-0.2, 0) is 14.8 Å². The van der Waals surface area contributed by atoms with E-state index in [4.69, 9.17) is 10.9 Å². The van der Waals surface area contributed by atoms with Crippen LogP contribution >= 0.6 is 0 Å². The normalized spacial score (nSPS) is 13.1. The van der Waals surface area contributed by atoms with Gasteiger partial charge in [-0.05, 0) is 25.1 Å². The van der Waals surface area contributed by atoms with Crippen LogP contribution in [0.15, 0.2) is 29.2 Å². The smallest absolute Gasteiger partial charge is 0.238 e. The van der Waals surface area contributed by atoms with Gasteiger partial charge in [0.15, 0.2) is 0 Å². The van der Waals surface area contributed by atoms with Crippen molar-refractivity contribution in [1.82, 2.24) is 0 Å². The first-order valence-corrected chi connectivity index (χ1v) is 6.52. The van der Waals surface area contributed by atoms with E-state index in [1.165, 1.54) is 18.2 Å². The number of amides is 1. The molecule has 94 valence electrons. The maximum Gasteiger partial charge on any atom is 0.238 e. The molecule has 7 heteroatoms. The van der Waals surface area contributed by atoms with Crippen LogP contribution in [0.4, 0.5) is 5.69 Å². The number of carbonyl (C=O) groups excluding carboxylic acids is 1. The lowest BCUT2D eigenvalue weighted by atomic mass is 10.2. The molecule has 17 heavy (non-hydrogen) atoms. The van der Waals surface area contributed by atoms with Gasteiger partial charge in [-0.15, -0.1) is 0 Å². The molecule has 0 spiro atoms. The van der Waals surface area contributed by atoms with Crippen molar-refractivity contribution >= 4 is 21.6 Å². The van der Waals surface area contributed by atoms with Gasteiger partial charge >= 0.3 is 0 Å². The zero-order chi connectivity index (χ0) is 13.1. The summed E-state index contributed by atoms with van der Waals surface area (Å²) in [6.45, 7) is 1.71. The number of rotatable bonds is 4. The Hall–Kier alpha value is -1.44. The number of sulfonamides is 1. The number of nitrogens with two attached hydrogens (primary N) is 2. The minimum Gasteiger partial charge on any atom is -0.327 e. The van der Waals surface area contributed by atoms with E-state index >= 15 is 0 Å². The van der Waals surface area contributed by atoms with Gasteiger partial charge in [-0.25, -0.2) is 13.6 Å². The molecule has 0 heterocycles. The highest BCUT2D eigenvalue weighted by atomic mass is 32.2. The van der Waals surface area contributed by atoms with E-state index in [9.17, 15) is 13.2 Å². The van der Waals surface area contributed by atoms with Gasteiger partial charge in [0.25, 0.3) is 0 Å². The number of carbonyl (C=O) groups is 1. The van der Waals surface area contributed by atoms with Crippen LogP contribution in [0.5, 0.6) is 0 Å². The van der Waals surface area contributed by atoms with E-state index in [1.807, 2.05) is 0 Å². The monoisotopic (exact) mass is 257 g/mol. The Morgan fingerprint density at radius 2 is 2.12 bits per heavy atom. The SMILES string of the molecule is CC(N)CC(=O)Nc1cccc(S(N)(=O)=O)c1. The minimum atomic E-state index is -3.76. The third kappa shape index (κ3) is 4.51. The van der Waals surface area contributed by atoms with Crippen LogP contribution in [0.3, 0.4) is 0 Å². The molecule has 0 aliphatic heterocycles. The van der Waals surface area contributed by atoms with Crippen LogP contribution in [-0.4, -0.2) is 20.4 Å². The van der Waals surface area contributed by atoms with E-state index < -0.39 is 10.0 Å². The molecule has 1 aromatic carbocycles. The van der Waals surface area contributed by atoms with Crippen molar-refractivity contribution in [3.63, 3.8) is 0 Å². The summed E-state index contributed by atoms with van der Waals surface area (Å²) >= 11 is 0. The predicted octanol–water partition coefficient (Wildman–Crippen LogP) is 0.00980. The van der Waals surface area contributed by atoms with Gasteiger partial charge in [0, 0.05) is 18.2 Å². The molecule has 1 rings (SSSR count). The molecule has 0 bridgehead atoms. The Morgan fingerprint density at radius 3 is 2.65 bits per heavy atom. The fourth-order valence-electron chi connectivity index (χ4n) is 1.26. The maximum atomic E-state index is 11.4. The van der Waals surface area contributed by atoms with E-state index in [2.05, 4.69) is 5.32 Å². The first kappa shape index (κ1) is 13.6. The van der Waals surface area contributed by atoms with Crippen molar-refractivity contribution in [1.29, 1.82) is 0 Å². The average molecular weight is 257 g/mol. The van der Waals surface area contributed by atoms with Crippen LogP contribution in [0.1, 0.15) is 13.3 Å². The number of anilines is 1. The Bertz CT molecular complexity index is 511. The highest BCUT2D eigenvalue weighted by molar-refractivity contribution is 7.89. The summed E-state index contributed by atoms with van der Waals surface area (Å²) in [7, 11) is -3.76. The molecule has 0 aromatic heterocycles. The van der Waals surface area contributed by atoms with Crippen LogP contribution in [0.25, 0.3) is 0 Å². The maximum absolute atomic E-state index is 11.4. The quantitative estimate of drug-likeness (QED) is 0.704. The van der Waals surface area contributed by atoms with Gasteiger partial charge in [0.1, 0.15) is 0 Å². The van der Waals surface area contributed by atoms with Crippen molar-refractivity contribution in [2.75, 3.05) is 5.32 Å². The average Bonchev–Trinajstić information content (AvgIpc) is 2.15. The first-order chi connectivity index (χ1) is 7.79. The second-order valence-electron chi connectivity index (χ2n) is 3.80. The van der Waals surface area contributed by atoms with Crippen molar-refractivity contribution in [3.05, 3.63) is 24.3 Å². The van der Waals surface area contributed by atoms with Crippen LogP contribution < -0.4 is 16.2 Å². The van der Waals surface area contributed by atoms with Crippen molar-refractivity contribution < 1.29 is 13.2 Å². The van der Waals surface area contributed by atoms with Gasteiger partial charge in [0.2, 0.25) is 15.9 Å². The third-order valence-electron chi connectivity index (χ3n) is 1.95. The second kappa shape index (κ2) is 5.26. The van der Waals surface area contributed by atoms with Crippen molar-refractivity contribution in [2.24, 2.45) is 10.9 Å². The van der Waals surface area contributed by atoms with E-state index in [-0.39, 0.29) is 23.3 Å². The molecule has 1 unspecified atom stereocenters. The Kier molecular flexibility index (Phi) is 4.22. The summed E-state index contributed by atoms with van der Waals surface area (Å²) in [4.78, 5) is 11.4. The van der Waals surface area contributed by atoms with Crippen LogP contribution in [0.2, 0.25) is 0 Å². The number of benzene rings is 1. The summed E-state index contributed by atoms with van der Waals surface area (Å²) < 4.78 is 22.2. The van der Waals surface area contributed by atoms with Crippen molar-refractivity contribution in [3.8, 4) is 0 Å². The van der Waals surface area contributed by atoms with Crippen LogP contribution in [0, 0.1) is 0 Å². The molecule has 0 radical (unpaired) electrons. The highest BCUT2D eigenvalue weighted by Crippen LogP contribution is 2.14. The second-order valence-corrected chi connectivity index (χ2v) is 5.36. The van der Waals surface area contributed by atoms with E-state index in [1.54, 1.807) is 13.0 Å². The van der Waals surface area contributed by atoms with E-state index in [0.29, 0.717) is 5.69 Å². The van der Waals surface area contributed by atoms with Gasteiger partial charge in [-0.3, -0.25) is 4.79 Å². The first-order valence-electron chi connectivity index (χ1n) is 4.97.